The zero-order chi connectivity index (χ0) is 43.0. The van der Waals surface area contributed by atoms with E-state index in [2.05, 4.69) is 164 Å². The molecule has 5 nitrogen and oxygen atoms in total. The third-order valence-corrected chi connectivity index (χ3v) is 18.4. The van der Waals surface area contributed by atoms with Gasteiger partial charge in [-0.05, 0) is 158 Å². The zero-order valence-electron chi connectivity index (χ0n) is 37.1. The highest BCUT2D eigenvalue weighted by Crippen LogP contribution is 2.82. The summed E-state index contributed by atoms with van der Waals surface area (Å²) in [6.07, 6.45) is 5.31. The van der Waals surface area contributed by atoms with Gasteiger partial charge in [0.25, 0.3) is 5.56 Å². The molecular formula is C59H47BN2O3. The lowest BCUT2D eigenvalue weighted by molar-refractivity contribution is -0.146. The molecule has 65 heavy (non-hydrogen) atoms. The molecule has 7 aliphatic rings. The molecule has 4 aliphatic carbocycles. The molecule has 0 saturated heterocycles. The largest absolute Gasteiger partial charge is 0.457 e. The Morgan fingerprint density at radius 1 is 0.662 bits per heavy atom. The Labute approximate surface area is 377 Å². The summed E-state index contributed by atoms with van der Waals surface area (Å²) < 4.78 is 18.5. The first kappa shape index (κ1) is 35.8. The van der Waals surface area contributed by atoms with Crippen LogP contribution >= 0.6 is 0 Å². The molecule has 9 aromatic rings. The van der Waals surface area contributed by atoms with Gasteiger partial charge in [0.05, 0.1) is 16.3 Å². The summed E-state index contributed by atoms with van der Waals surface area (Å²) in [4.78, 5) is 16.0. The molecule has 3 fully saturated rings. The summed E-state index contributed by atoms with van der Waals surface area (Å²) in [6, 6.07) is 47.1. The van der Waals surface area contributed by atoms with E-state index in [4.69, 9.17) is 9.15 Å². The third kappa shape index (κ3) is 3.92. The Bertz CT molecular complexity index is 3680. The van der Waals surface area contributed by atoms with Crippen LogP contribution in [0.3, 0.4) is 0 Å². The molecule has 0 amide bonds. The van der Waals surface area contributed by atoms with E-state index in [0.29, 0.717) is 29.1 Å². The lowest BCUT2D eigenvalue weighted by atomic mass is 9.36. The predicted molar refractivity (Wildman–Crippen MR) is 261 cm³/mol. The quantitative estimate of drug-likeness (QED) is 0.167. The number of fused-ring (bicyclic) bond motifs is 21. The molecule has 16 rings (SSSR count). The van der Waals surface area contributed by atoms with Gasteiger partial charge in [-0.25, -0.2) is 0 Å². The van der Waals surface area contributed by atoms with Gasteiger partial charge in [0.1, 0.15) is 22.8 Å². The highest BCUT2D eigenvalue weighted by atomic mass is 16.5. The molecule has 314 valence electrons. The molecule has 3 saturated carbocycles. The molecule has 0 radical (unpaired) electrons. The van der Waals surface area contributed by atoms with E-state index in [0.717, 1.165) is 83.9 Å². The molecule has 7 aromatic carbocycles. The SMILES string of the molecule is CC(C)c1cccc(C(C)C)c1-c1ccc2c(c1)B1c3c(cc4c(oc5ccccc54)c3-n3c4cc5c(cc4c(=O)n31)C1CC3CC4CC5CC431)C21c2ccccc2Oc2ccccc21. The van der Waals surface area contributed by atoms with Gasteiger partial charge in [-0.1, -0.05) is 119 Å². The van der Waals surface area contributed by atoms with Crippen molar-refractivity contribution < 1.29 is 9.15 Å². The monoisotopic (exact) mass is 842 g/mol. The second-order valence-electron chi connectivity index (χ2n) is 21.5. The minimum Gasteiger partial charge on any atom is -0.457 e. The van der Waals surface area contributed by atoms with Gasteiger partial charge in [0.2, 0.25) is 0 Å². The number of nitrogens with zero attached hydrogens (tertiary/aromatic N) is 2. The van der Waals surface area contributed by atoms with Crippen LogP contribution in [-0.2, 0) is 5.41 Å². The first-order valence-electron chi connectivity index (χ1n) is 24.2. The highest BCUT2D eigenvalue weighted by molar-refractivity contribution is 6.87. The van der Waals surface area contributed by atoms with E-state index in [9.17, 15) is 0 Å². The van der Waals surface area contributed by atoms with Crippen LogP contribution in [0.25, 0.3) is 49.7 Å². The standard InChI is InChI=1S/C59H47BN2O3/c1-30(2)36-13-11-14-37(31(3)4)53(36)32-20-21-43-48(23-32)60-54-47(59(43)44-15-6-9-18-51(44)64-52-19-10-7-16-45(52)59)27-41-38-12-5-8-17-50(38)65-56(41)55(54)61-49-28-39-33-22-34-24-35-25-46(58(34,35)29-33)40(39)26-42(49)57(63)62(60)61/h5-21,23,26-28,30-31,33-35,46H,22,24-25,29H2,1-4H3. The van der Waals surface area contributed by atoms with E-state index >= 15 is 4.79 Å². The lowest BCUT2D eigenvalue weighted by Gasteiger charge is -2.68. The fraction of sp³-hybridized carbons (Fsp3) is 0.271. The van der Waals surface area contributed by atoms with Gasteiger partial charge >= 0.3 is 6.85 Å². The van der Waals surface area contributed by atoms with Gasteiger partial charge in [0.15, 0.2) is 5.58 Å². The first-order valence-corrected chi connectivity index (χ1v) is 24.2. The van der Waals surface area contributed by atoms with Gasteiger partial charge < -0.3 is 9.15 Å². The summed E-state index contributed by atoms with van der Waals surface area (Å²) in [5.74, 6) is 5.24. The number of benzene rings is 7. The zero-order valence-corrected chi connectivity index (χ0v) is 37.1. The molecular weight excluding hydrogens is 795 g/mol. The fourth-order valence-corrected chi connectivity index (χ4v) is 15.8. The van der Waals surface area contributed by atoms with Crippen molar-refractivity contribution in [2.45, 2.75) is 82.5 Å². The molecule has 6 heteroatoms. The average molecular weight is 843 g/mol. The Morgan fingerprint density at radius 2 is 1.38 bits per heavy atom. The fourth-order valence-electron chi connectivity index (χ4n) is 15.8. The van der Waals surface area contributed by atoms with Crippen molar-refractivity contribution >= 4 is 50.6 Å². The molecule has 0 N–H and O–H groups in total. The lowest BCUT2D eigenvalue weighted by Crippen LogP contribution is -2.60. The summed E-state index contributed by atoms with van der Waals surface area (Å²) in [5.41, 5.74) is 18.6. The van der Waals surface area contributed by atoms with Crippen molar-refractivity contribution in [2.75, 3.05) is 0 Å². The van der Waals surface area contributed by atoms with Crippen LogP contribution in [0.5, 0.6) is 11.5 Å². The van der Waals surface area contributed by atoms with Gasteiger partial charge in [0, 0.05) is 21.9 Å². The van der Waals surface area contributed by atoms with Gasteiger partial charge in [-0.15, -0.1) is 0 Å². The normalized spacial score (nSPS) is 23.8. The number of aromatic nitrogens is 2. The minimum atomic E-state index is -0.772. The smallest absolute Gasteiger partial charge is 0.354 e. The highest BCUT2D eigenvalue weighted by Gasteiger charge is 2.72. The van der Waals surface area contributed by atoms with E-state index in [-0.39, 0.29) is 5.56 Å². The molecule has 2 spiro atoms. The van der Waals surface area contributed by atoms with Crippen molar-refractivity contribution in [2.24, 2.45) is 17.3 Å². The maximum absolute atomic E-state index is 16.0. The van der Waals surface area contributed by atoms with Crippen LogP contribution in [0.4, 0.5) is 0 Å². The topological polar surface area (TPSA) is 49.3 Å². The van der Waals surface area contributed by atoms with Gasteiger partial charge in [-0.3, -0.25) is 14.1 Å². The van der Waals surface area contributed by atoms with E-state index < -0.39 is 12.3 Å². The summed E-state index contributed by atoms with van der Waals surface area (Å²) in [6.45, 7) is 8.83. The van der Waals surface area contributed by atoms with Crippen LogP contribution in [0, 0.1) is 17.3 Å². The molecule has 5 unspecified atom stereocenters. The second-order valence-corrected chi connectivity index (χ2v) is 21.5. The van der Waals surface area contributed by atoms with Gasteiger partial charge in [-0.2, -0.15) is 0 Å². The van der Waals surface area contributed by atoms with Crippen molar-refractivity contribution in [3.05, 3.63) is 182 Å². The maximum Gasteiger partial charge on any atom is 0.354 e. The van der Waals surface area contributed by atoms with E-state index in [1.807, 2.05) is 0 Å². The summed E-state index contributed by atoms with van der Waals surface area (Å²) in [5, 5.41) is 2.99. The predicted octanol–water partition coefficient (Wildman–Crippen LogP) is 12.4. The Morgan fingerprint density at radius 3 is 2.14 bits per heavy atom. The summed E-state index contributed by atoms with van der Waals surface area (Å²) >= 11 is 0. The minimum absolute atomic E-state index is 0.0844. The van der Waals surface area contributed by atoms with Crippen molar-refractivity contribution in [3.63, 3.8) is 0 Å². The average Bonchev–Trinajstić information content (AvgIpc) is 4.06. The van der Waals surface area contributed by atoms with Crippen LogP contribution in [0.1, 0.15) is 122 Å². The molecule has 5 heterocycles. The number of para-hydroxylation sites is 3. The maximum atomic E-state index is 16.0. The second kappa shape index (κ2) is 11.6. The van der Waals surface area contributed by atoms with Crippen molar-refractivity contribution in [3.8, 4) is 28.3 Å². The molecule has 2 bridgehead atoms. The third-order valence-electron chi connectivity index (χ3n) is 18.4. The van der Waals surface area contributed by atoms with Crippen LogP contribution in [-0.4, -0.2) is 16.1 Å². The van der Waals surface area contributed by atoms with E-state index in [1.165, 1.54) is 70.2 Å². The number of furan rings is 1. The van der Waals surface area contributed by atoms with Crippen molar-refractivity contribution in [1.29, 1.82) is 0 Å². The Kier molecular flexibility index (Phi) is 6.41. The Hall–Kier alpha value is -6.53. The van der Waals surface area contributed by atoms with Crippen LogP contribution < -0.4 is 21.2 Å². The molecule has 5 atom stereocenters. The number of rotatable bonds is 3. The number of hydrogen-bond donors (Lipinski definition) is 0. The van der Waals surface area contributed by atoms with Crippen LogP contribution in [0.15, 0.2) is 137 Å². The Balaban J connectivity index is 1.09. The summed E-state index contributed by atoms with van der Waals surface area (Å²) in [7, 11) is 0. The molecule has 2 aromatic heterocycles. The van der Waals surface area contributed by atoms with E-state index in [1.54, 1.807) is 0 Å². The number of hydrogen-bond acceptors (Lipinski definition) is 3. The number of ether oxygens (including phenoxy) is 1. The first-order chi connectivity index (χ1) is 31.8. The van der Waals surface area contributed by atoms with Crippen LogP contribution in [0.2, 0.25) is 0 Å². The molecule has 3 aliphatic heterocycles. The van der Waals surface area contributed by atoms with Crippen molar-refractivity contribution in [1.82, 2.24) is 9.27 Å².